The molecule has 0 aliphatic heterocycles. The second-order valence-corrected chi connectivity index (χ2v) is 4.18. The van der Waals surface area contributed by atoms with E-state index >= 15 is 0 Å². The fraction of sp³-hybridized carbons (Fsp3) is 0.143. The Kier molecular flexibility index (Phi) is 3.06. The number of hydrogen-bond donors (Lipinski definition) is 0. The summed E-state index contributed by atoms with van der Waals surface area (Å²) in [5, 5.41) is -0.299. The van der Waals surface area contributed by atoms with Crippen LogP contribution < -0.4 is 0 Å². The van der Waals surface area contributed by atoms with Crippen molar-refractivity contribution in [2.75, 3.05) is 0 Å². The molecule has 0 amide bonds. The van der Waals surface area contributed by atoms with Gasteiger partial charge in [0.1, 0.15) is 0 Å². The molecule has 0 unspecified atom stereocenters. The Balaban J connectivity index is 3.34. The molecule has 0 saturated carbocycles. The van der Waals surface area contributed by atoms with Crippen LogP contribution in [0.4, 0.5) is 12.7 Å². The van der Waals surface area contributed by atoms with E-state index < -0.39 is 27.1 Å². The number of alkyl halides is 2. The van der Waals surface area contributed by atoms with Crippen molar-refractivity contribution in [3.63, 3.8) is 0 Å². The number of benzene rings is 1. The van der Waals surface area contributed by atoms with Crippen LogP contribution in [0, 0.1) is 0 Å². The Hall–Kier alpha value is -0.750. The lowest BCUT2D eigenvalue weighted by Crippen LogP contribution is -1.95. The highest BCUT2D eigenvalue weighted by atomic mass is 35.5. The highest BCUT2D eigenvalue weighted by Crippen LogP contribution is 2.29. The summed E-state index contributed by atoms with van der Waals surface area (Å²) in [7, 11) is -4.97. The first-order valence-electron chi connectivity index (χ1n) is 3.34. The van der Waals surface area contributed by atoms with Gasteiger partial charge in [-0.1, -0.05) is 11.6 Å². The van der Waals surface area contributed by atoms with Crippen molar-refractivity contribution < 1.29 is 21.1 Å². The predicted molar refractivity (Wildman–Crippen MR) is 44.7 cm³/mol. The second-order valence-electron chi connectivity index (χ2n) is 2.42. The van der Waals surface area contributed by atoms with Crippen LogP contribution in [0.25, 0.3) is 0 Å². The summed E-state index contributed by atoms with van der Waals surface area (Å²) >= 11 is 5.34. The first-order chi connectivity index (χ1) is 6.32. The van der Waals surface area contributed by atoms with Crippen LogP contribution in [-0.4, -0.2) is 8.42 Å². The van der Waals surface area contributed by atoms with Gasteiger partial charge in [0.25, 0.3) is 6.43 Å². The molecule has 7 heteroatoms. The van der Waals surface area contributed by atoms with E-state index in [4.69, 9.17) is 11.6 Å². The number of rotatable bonds is 2. The van der Waals surface area contributed by atoms with E-state index in [0.717, 1.165) is 12.1 Å². The maximum atomic E-state index is 12.4. The molecule has 0 aliphatic rings. The molecule has 1 aromatic rings. The van der Waals surface area contributed by atoms with Crippen molar-refractivity contribution in [2.24, 2.45) is 0 Å². The van der Waals surface area contributed by atoms with Crippen LogP contribution in [0.2, 0.25) is 5.02 Å². The first kappa shape index (κ1) is 11.3. The van der Waals surface area contributed by atoms with Crippen molar-refractivity contribution in [3.8, 4) is 0 Å². The van der Waals surface area contributed by atoms with E-state index in [2.05, 4.69) is 0 Å². The lowest BCUT2D eigenvalue weighted by Gasteiger charge is -2.03. The predicted octanol–water partition coefficient (Wildman–Crippen LogP) is 2.94. The number of hydrogen-bond acceptors (Lipinski definition) is 2. The summed E-state index contributed by atoms with van der Waals surface area (Å²) in [6.07, 6.45) is -2.94. The lowest BCUT2D eigenvalue weighted by molar-refractivity contribution is 0.151. The van der Waals surface area contributed by atoms with Gasteiger partial charge in [0.15, 0.2) is 0 Å². The van der Waals surface area contributed by atoms with Crippen molar-refractivity contribution in [1.29, 1.82) is 0 Å². The van der Waals surface area contributed by atoms with E-state index in [1.807, 2.05) is 0 Å². The maximum absolute atomic E-state index is 12.4. The molecule has 0 atom stereocenters. The van der Waals surface area contributed by atoms with E-state index in [-0.39, 0.29) is 5.02 Å². The molecule has 78 valence electrons. The Morgan fingerprint density at radius 3 is 2.29 bits per heavy atom. The molecular weight excluding hydrogens is 241 g/mol. The molecule has 0 fully saturated rings. The third-order valence-corrected chi connectivity index (χ3v) is 2.65. The van der Waals surface area contributed by atoms with Crippen LogP contribution >= 0.6 is 11.6 Å². The normalized spacial score (nSPS) is 12.1. The van der Waals surface area contributed by atoms with E-state index in [1.165, 1.54) is 0 Å². The Morgan fingerprint density at radius 1 is 1.29 bits per heavy atom. The van der Waals surface area contributed by atoms with Crippen molar-refractivity contribution in [1.82, 2.24) is 0 Å². The minimum atomic E-state index is -4.97. The van der Waals surface area contributed by atoms with Gasteiger partial charge in [0.2, 0.25) is 0 Å². The molecule has 0 saturated heterocycles. The molecule has 0 aromatic heterocycles. The highest BCUT2D eigenvalue weighted by Gasteiger charge is 2.18. The van der Waals surface area contributed by atoms with E-state index in [9.17, 15) is 21.1 Å². The summed E-state index contributed by atoms with van der Waals surface area (Å²) < 4.78 is 57.5. The molecule has 0 aliphatic carbocycles. The Morgan fingerprint density at radius 2 is 1.86 bits per heavy atom. The van der Waals surface area contributed by atoms with Crippen LogP contribution in [-0.2, 0) is 10.2 Å². The van der Waals surface area contributed by atoms with E-state index in [0.29, 0.717) is 6.07 Å². The minimum absolute atomic E-state index is 0.299. The fourth-order valence-electron chi connectivity index (χ4n) is 0.841. The lowest BCUT2D eigenvalue weighted by atomic mass is 10.2. The van der Waals surface area contributed by atoms with Crippen LogP contribution in [0.3, 0.4) is 0 Å². The summed E-state index contributed by atoms with van der Waals surface area (Å²) in [5.74, 6) is 0. The maximum Gasteiger partial charge on any atom is 0.332 e. The quantitative estimate of drug-likeness (QED) is 0.750. The van der Waals surface area contributed by atoms with E-state index in [1.54, 1.807) is 0 Å². The molecule has 1 rings (SSSR count). The molecule has 0 heterocycles. The van der Waals surface area contributed by atoms with Crippen molar-refractivity contribution >= 4 is 21.8 Å². The van der Waals surface area contributed by atoms with Gasteiger partial charge in [0.05, 0.1) is 4.90 Å². The van der Waals surface area contributed by atoms with Gasteiger partial charge in [-0.2, -0.15) is 8.42 Å². The molecule has 2 nitrogen and oxygen atoms in total. The van der Waals surface area contributed by atoms with Crippen molar-refractivity contribution in [2.45, 2.75) is 11.3 Å². The Labute approximate surface area is 83.5 Å². The Bertz CT molecular complexity index is 444. The summed E-state index contributed by atoms with van der Waals surface area (Å²) in [6, 6.07) is 2.25. The molecule has 1 aromatic carbocycles. The zero-order valence-electron chi connectivity index (χ0n) is 6.55. The summed E-state index contributed by atoms with van der Waals surface area (Å²) in [5.41, 5.74) is -0.703. The molecule has 14 heavy (non-hydrogen) atoms. The topological polar surface area (TPSA) is 34.1 Å². The van der Waals surface area contributed by atoms with Crippen LogP contribution in [0.15, 0.2) is 23.1 Å². The standard InChI is InChI=1S/C7H4ClF3O2S/c8-6-2-1-4(14(11,12)13)3-5(6)7(9)10/h1-3,7H. The van der Waals surface area contributed by atoms with Crippen LogP contribution in [0.1, 0.15) is 12.0 Å². The minimum Gasteiger partial charge on any atom is -0.205 e. The highest BCUT2D eigenvalue weighted by molar-refractivity contribution is 7.86. The van der Waals surface area contributed by atoms with Crippen molar-refractivity contribution in [3.05, 3.63) is 28.8 Å². The largest absolute Gasteiger partial charge is 0.332 e. The smallest absolute Gasteiger partial charge is 0.205 e. The fourth-order valence-corrected chi connectivity index (χ4v) is 1.54. The SMILES string of the molecule is O=S(=O)(F)c1ccc(Cl)c(C(F)F)c1. The first-order valence-corrected chi connectivity index (χ1v) is 5.11. The third kappa shape index (κ3) is 2.39. The monoisotopic (exact) mass is 244 g/mol. The molecular formula is C7H4ClF3O2S. The molecule has 0 spiro atoms. The van der Waals surface area contributed by atoms with Gasteiger partial charge in [-0.3, -0.25) is 0 Å². The van der Waals surface area contributed by atoms with Gasteiger partial charge in [0, 0.05) is 10.6 Å². The van der Waals surface area contributed by atoms with Gasteiger partial charge in [-0.15, -0.1) is 3.89 Å². The molecule has 0 radical (unpaired) electrons. The number of halogens is 4. The zero-order chi connectivity index (χ0) is 10.9. The molecule has 0 N–H and O–H groups in total. The average molecular weight is 245 g/mol. The second kappa shape index (κ2) is 3.78. The molecule has 0 bridgehead atoms. The summed E-state index contributed by atoms with van der Waals surface area (Å²) in [4.78, 5) is -0.822. The van der Waals surface area contributed by atoms with Gasteiger partial charge >= 0.3 is 10.2 Å². The van der Waals surface area contributed by atoms with Gasteiger partial charge in [-0.25, -0.2) is 8.78 Å². The summed E-state index contributed by atoms with van der Waals surface area (Å²) in [6.45, 7) is 0. The van der Waals surface area contributed by atoms with Gasteiger partial charge in [-0.05, 0) is 18.2 Å². The zero-order valence-corrected chi connectivity index (χ0v) is 8.12. The average Bonchev–Trinajstić information content (AvgIpc) is 2.02. The van der Waals surface area contributed by atoms with Crippen LogP contribution in [0.5, 0.6) is 0 Å². The van der Waals surface area contributed by atoms with Gasteiger partial charge < -0.3 is 0 Å². The third-order valence-electron chi connectivity index (χ3n) is 1.48.